The number of fused-ring (bicyclic) bond motifs is 1. The van der Waals surface area contributed by atoms with Crippen LogP contribution in [0.1, 0.15) is 49.8 Å². The maximum atomic E-state index is 3.31. The molecule has 116 valence electrons. The van der Waals surface area contributed by atoms with Gasteiger partial charge in [0.25, 0.3) is 0 Å². The van der Waals surface area contributed by atoms with E-state index in [-0.39, 0.29) is 10.8 Å². The number of hydrogen-bond donors (Lipinski definition) is 1. The number of nitrogens with one attached hydrogen (secondary N) is 1. The minimum absolute atomic E-state index is 0.165. The summed E-state index contributed by atoms with van der Waals surface area (Å²) >= 11 is 0. The highest BCUT2D eigenvalue weighted by Crippen LogP contribution is 2.54. The Bertz CT molecular complexity index is 629. The van der Waals surface area contributed by atoms with Gasteiger partial charge in [-0.1, -0.05) is 68.4 Å². The Morgan fingerprint density at radius 1 is 0.909 bits per heavy atom. The molecule has 0 heterocycles. The predicted molar refractivity (Wildman–Crippen MR) is 94.5 cm³/mol. The molecule has 0 aromatic heterocycles. The van der Waals surface area contributed by atoms with Crippen molar-refractivity contribution in [3.8, 4) is 0 Å². The van der Waals surface area contributed by atoms with Crippen LogP contribution in [0.5, 0.6) is 0 Å². The summed E-state index contributed by atoms with van der Waals surface area (Å²) in [5.74, 6) is 0. The van der Waals surface area contributed by atoms with E-state index in [1.54, 1.807) is 5.56 Å². The van der Waals surface area contributed by atoms with Gasteiger partial charge in [0, 0.05) is 5.41 Å². The van der Waals surface area contributed by atoms with E-state index in [1.165, 1.54) is 30.4 Å². The van der Waals surface area contributed by atoms with Gasteiger partial charge in [-0.2, -0.15) is 0 Å². The second-order valence-electron chi connectivity index (χ2n) is 7.26. The zero-order chi connectivity index (χ0) is 15.6. The van der Waals surface area contributed by atoms with Gasteiger partial charge in [0.2, 0.25) is 0 Å². The third-order valence-electron chi connectivity index (χ3n) is 5.27. The number of rotatable bonds is 5. The number of benzene rings is 2. The van der Waals surface area contributed by atoms with Crippen LogP contribution in [0.2, 0.25) is 0 Å². The van der Waals surface area contributed by atoms with Crippen LogP contribution in [-0.2, 0) is 10.8 Å². The summed E-state index contributed by atoms with van der Waals surface area (Å²) in [6.45, 7) is 5.88. The molecule has 22 heavy (non-hydrogen) atoms. The molecule has 0 saturated carbocycles. The van der Waals surface area contributed by atoms with Gasteiger partial charge >= 0.3 is 0 Å². The Balaban J connectivity index is 2.12. The van der Waals surface area contributed by atoms with E-state index >= 15 is 0 Å². The predicted octanol–water partition coefficient (Wildman–Crippen LogP) is 4.65. The molecule has 1 nitrogen and oxygen atoms in total. The molecular weight excluding hydrogens is 266 g/mol. The van der Waals surface area contributed by atoms with Crippen LogP contribution in [0.25, 0.3) is 0 Å². The van der Waals surface area contributed by atoms with Crippen molar-refractivity contribution >= 4 is 0 Å². The van der Waals surface area contributed by atoms with Gasteiger partial charge in [0.1, 0.15) is 0 Å². The summed E-state index contributed by atoms with van der Waals surface area (Å²) in [6.07, 6.45) is 3.61. The fourth-order valence-corrected chi connectivity index (χ4v) is 4.38. The van der Waals surface area contributed by atoms with E-state index in [0.29, 0.717) is 0 Å². The Morgan fingerprint density at radius 2 is 1.55 bits per heavy atom. The van der Waals surface area contributed by atoms with Crippen molar-refractivity contribution in [2.75, 3.05) is 13.6 Å². The van der Waals surface area contributed by atoms with Crippen molar-refractivity contribution in [1.29, 1.82) is 0 Å². The van der Waals surface area contributed by atoms with E-state index < -0.39 is 0 Å². The minimum Gasteiger partial charge on any atom is -0.320 e. The van der Waals surface area contributed by atoms with Crippen molar-refractivity contribution in [1.82, 2.24) is 5.32 Å². The van der Waals surface area contributed by atoms with Gasteiger partial charge in [-0.15, -0.1) is 0 Å². The summed E-state index contributed by atoms with van der Waals surface area (Å²) in [5.41, 5.74) is 4.96. The van der Waals surface area contributed by atoms with Crippen molar-refractivity contribution in [3.63, 3.8) is 0 Å². The first-order valence-corrected chi connectivity index (χ1v) is 8.40. The summed E-state index contributed by atoms with van der Waals surface area (Å²) in [4.78, 5) is 0. The van der Waals surface area contributed by atoms with Crippen LogP contribution in [0.3, 0.4) is 0 Å². The SMILES string of the molecule is CNCCC[C@@]1(c2ccccc2)CC(C)(C)c2ccccc21. The first-order chi connectivity index (χ1) is 10.6. The Labute approximate surface area is 134 Å². The summed E-state index contributed by atoms with van der Waals surface area (Å²) in [6, 6.07) is 20.2. The van der Waals surface area contributed by atoms with E-state index in [9.17, 15) is 0 Å². The summed E-state index contributed by atoms with van der Waals surface area (Å²) in [7, 11) is 2.04. The topological polar surface area (TPSA) is 12.0 Å². The van der Waals surface area contributed by atoms with Crippen molar-refractivity contribution in [2.24, 2.45) is 0 Å². The van der Waals surface area contributed by atoms with Gasteiger partial charge in [0.05, 0.1) is 0 Å². The second kappa shape index (κ2) is 5.89. The molecule has 0 saturated heterocycles. The lowest BCUT2D eigenvalue weighted by molar-refractivity contribution is 0.371. The Hall–Kier alpha value is -1.60. The van der Waals surface area contributed by atoms with Gasteiger partial charge in [0.15, 0.2) is 0 Å². The van der Waals surface area contributed by atoms with E-state index in [1.807, 2.05) is 7.05 Å². The van der Waals surface area contributed by atoms with Crippen molar-refractivity contribution < 1.29 is 0 Å². The van der Waals surface area contributed by atoms with E-state index in [2.05, 4.69) is 73.8 Å². The molecule has 1 aliphatic rings. The molecule has 2 aromatic rings. The smallest absolute Gasteiger partial charge is 0.0214 e. The molecular formula is C21H27N. The first-order valence-electron chi connectivity index (χ1n) is 8.40. The Kier molecular flexibility index (Phi) is 4.10. The number of hydrogen-bond acceptors (Lipinski definition) is 1. The van der Waals surface area contributed by atoms with Crippen molar-refractivity contribution in [2.45, 2.75) is 43.9 Å². The normalized spacial score (nSPS) is 22.5. The molecule has 0 spiro atoms. The van der Waals surface area contributed by atoms with Crippen LogP contribution in [0.4, 0.5) is 0 Å². The summed E-state index contributed by atoms with van der Waals surface area (Å²) < 4.78 is 0. The monoisotopic (exact) mass is 293 g/mol. The van der Waals surface area contributed by atoms with Gasteiger partial charge in [-0.05, 0) is 55.0 Å². The molecule has 1 aliphatic carbocycles. The third-order valence-corrected chi connectivity index (χ3v) is 5.27. The van der Waals surface area contributed by atoms with E-state index in [0.717, 1.165) is 6.54 Å². The molecule has 0 radical (unpaired) electrons. The highest BCUT2D eigenvalue weighted by molar-refractivity contribution is 5.52. The summed E-state index contributed by atoms with van der Waals surface area (Å²) in [5, 5.41) is 3.31. The van der Waals surface area contributed by atoms with Crippen LogP contribution in [-0.4, -0.2) is 13.6 Å². The Morgan fingerprint density at radius 3 is 2.23 bits per heavy atom. The molecule has 1 atom stereocenters. The maximum Gasteiger partial charge on any atom is 0.0214 e. The lowest BCUT2D eigenvalue weighted by Crippen LogP contribution is -2.28. The fraction of sp³-hybridized carbons (Fsp3) is 0.429. The van der Waals surface area contributed by atoms with Crippen LogP contribution >= 0.6 is 0 Å². The lowest BCUT2D eigenvalue weighted by Gasteiger charge is -2.33. The minimum atomic E-state index is 0.165. The molecule has 0 bridgehead atoms. The van der Waals surface area contributed by atoms with Crippen LogP contribution in [0.15, 0.2) is 54.6 Å². The standard InChI is InChI=1S/C21H27N/c1-20(2)16-21(14-9-15-22-3,17-10-5-4-6-11-17)19-13-8-7-12-18(19)20/h4-8,10-13,22H,9,14-16H2,1-3H3/t21-/m0/s1. The molecule has 3 rings (SSSR count). The van der Waals surface area contributed by atoms with Crippen molar-refractivity contribution in [3.05, 3.63) is 71.3 Å². The van der Waals surface area contributed by atoms with Crippen LogP contribution < -0.4 is 5.32 Å². The average Bonchev–Trinajstić information content (AvgIpc) is 2.78. The highest BCUT2D eigenvalue weighted by Gasteiger charge is 2.47. The van der Waals surface area contributed by atoms with Gasteiger partial charge < -0.3 is 5.32 Å². The molecule has 2 aromatic carbocycles. The van der Waals surface area contributed by atoms with E-state index in [4.69, 9.17) is 0 Å². The van der Waals surface area contributed by atoms with Gasteiger partial charge in [-0.3, -0.25) is 0 Å². The van der Waals surface area contributed by atoms with Crippen LogP contribution in [0, 0.1) is 0 Å². The largest absolute Gasteiger partial charge is 0.320 e. The van der Waals surface area contributed by atoms with Gasteiger partial charge in [-0.25, -0.2) is 0 Å². The molecule has 1 heteroatoms. The zero-order valence-electron chi connectivity index (χ0n) is 14.0. The molecule has 0 aliphatic heterocycles. The first kappa shape index (κ1) is 15.3. The molecule has 0 fully saturated rings. The lowest BCUT2D eigenvalue weighted by atomic mass is 9.70. The molecule has 1 N–H and O–H groups in total. The molecule has 0 amide bonds. The average molecular weight is 293 g/mol. The molecule has 0 unspecified atom stereocenters. The maximum absolute atomic E-state index is 3.31. The fourth-order valence-electron chi connectivity index (χ4n) is 4.38. The third kappa shape index (κ3) is 2.48. The highest BCUT2D eigenvalue weighted by atomic mass is 14.8. The quantitative estimate of drug-likeness (QED) is 0.791. The zero-order valence-corrected chi connectivity index (χ0v) is 14.0. The second-order valence-corrected chi connectivity index (χ2v) is 7.26.